The zero-order valence-corrected chi connectivity index (χ0v) is 9.93. The van der Waals surface area contributed by atoms with Gasteiger partial charge in [-0.3, -0.25) is 0 Å². The molecule has 90 valence electrons. The van der Waals surface area contributed by atoms with Crippen molar-refractivity contribution >= 4 is 11.5 Å². The molecule has 0 unspecified atom stereocenters. The predicted molar refractivity (Wildman–Crippen MR) is 68.7 cm³/mol. The molecular weight excluding hydrogens is 214 g/mol. The predicted octanol–water partition coefficient (Wildman–Crippen LogP) is 1.53. The minimum absolute atomic E-state index is 0.801. The van der Waals surface area contributed by atoms with E-state index in [9.17, 15) is 0 Å². The highest BCUT2D eigenvalue weighted by molar-refractivity contribution is 5.39. The van der Waals surface area contributed by atoms with Crippen molar-refractivity contribution in [2.45, 2.75) is 19.9 Å². The fraction of sp³-hybridized carbons (Fsp3) is 0.333. The van der Waals surface area contributed by atoms with Crippen LogP contribution in [0.15, 0.2) is 30.5 Å². The van der Waals surface area contributed by atoms with Crippen LogP contribution in [-0.2, 0) is 13.0 Å². The number of rotatable bonds is 5. The van der Waals surface area contributed by atoms with Crippen LogP contribution in [-0.4, -0.2) is 21.5 Å². The lowest BCUT2D eigenvalue weighted by atomic mass is 10.1. The zero-order valence-electron chi connectivity index (χ0n) is 9.93. The molecule has 0 saturated carbocycles. The number of benzene rings is 1. The normalized spacial score (nSPS) is 10.4. The Morgan fingerprint density at radius 1 is 1.29 bits per heavy atom. The Balaban J connectivity index is 1.85. The summed E-state index contributed by atoms with van der Waals surface area (Å²) < 4.78 is 1.84. The Morgan fingerprint density at radius 3 is 2.76 bits per heavy atom. The summed E-state index contributed by atoms with van der Waals surface area (Å²) >= 11 is 0. The standard InChI is InChI=1S/C12H17N5/c1-2-17-12(9-15-16-17)14-8-7-10-3-5-11(13)6-4-10/h3-6,9,14H,2,7-8,13H2,1H3. The molecule has 0 bridgehead atoms. The molecule has 0 atom stereocenters. The van der Waals surface area contributed by atoms with Crippen LogP contribution in [0.2, 0.25) is 0 Å². The van der Waals surface area contributed by atoms with E-state index in [1.807, 2.05) is 35.9 Å². The van der Waals surface area contributed by atoms with Gasteiger partial charge in [-0.15, -0.1) is 5.10 Å². The summed E-state index contributed by atoms with van der Waals surface area (Å²) in [5.41, 5.74) is 7.70. The van der Waals surface area contributed by atoms with Crippen LogP contribution in [0.4, 0.5) is 11.5 Å². The maximum Gasteiger partial charge on any atom is 0.144 e. The first kappa shape index (κ1) is 11.4. The lowest BCUT2D eigenvalue weighted by Crippen LogP contribution is -2.10. The van der Waals surface area contributed by atoms with Gasteiger partial charge in [0.1, 0.15) is 5.82 Å². The number of anilines is 2. The molecule has 2 rings (SSSR count). The van der Waals surface area contributed by atoms with Gasteiger partial charge in [0, 0.05) is 18.8 Å². The van der Waals surface area contributed by atoms with Crippen molar-refractivity contribution in [3.05, 3.63) is 36.0 Å². The van der Waals surface area contributed by atoms with E-state index in [-0.39, 0.29) is 0 Å². The van der Waals surface area contributed by atoms with Gasteiger partial charge in [-0.2, -0.15) is 0 Å². The second-order valence-corrected chi connectivity index (χ2v) is 3.85. The molecule has 0 spiro atoms. The van der Waals surface area contributed by atoms with Crippen LogP contribution < -0.4 is 11.1 Å². The van der Waals surface area contributed by atoms with Gasteiger partial charge < -0.3 is 11.1 Å². The quantitative estimate of drug-likeness (QED) is 0.766. The number of hydrogen-bond donors (Lipinski definition) is 2. The minimum atomic E-state index is 0.801. The molecule has 17 heavy (non-hydrogen) atoms. The summed E-state index contributed by atoms with van der Waals surface area (Å²) in [5.74, 6) is 0.961. The Morgan fingerprint density at radius 2 is 2.06 bits per heavy atom. The molecule has 0 saturated heterocycles. The number of nitrogens with zero attached hydrogens (tertiary/aromatic N) is 3. The average molecular weight is 231 g/mol. The van der Waals surface area contributed by atoms with Gasteiger partial charge in [0.15, 0.2) is 0 Å². The van der Waals surface area contributed by atoms with Crippen LogP contribution in [0.25, 0.3) is 0 Å². The molecule has 5 heteroatoms. The number of hydrogen-bond acceptors (Lipinski definition) is 4. The summed E-state index contributed by atoms with van der Waals surface area (Å²) in [6, 6.07) is 7.94. The fourth-order valence-corrected chi connectivity index (χ4v) is 1.65. The maximum absolute atomic E-state index is 5.63. The van der Waals surface area contributed by atoms with E-state index in [1.54, 1.807) is 6.20 Å². The topological polar surface area (TPSA) is 68.8 Å². The first-order valence-corrected chi connectivity index (χ1v) is 5.76. The molecule has 1 aromatic heterocycles. The van der Waals surface area contributed by atoms with Crippen molar-refractivity contribution in [3.63, 3.8) is 0 Å². The minimum Gasteiger partial charge on any atom is -0.399 e. The number of nitrogen functional groups attached to an aromatic ring is 1. The summed E-state index contributed by atoms with van der Waals surface area (Å²) in [4.78, 5) is 0. The second-order valence-electron chi connectivity index (χ2n) is 3.85. The molecule has 5 nitrogen and oxygen atoms in total. The van der Waals surface area contributed by atoms with Gasteiger partial charge in [-0.05, 0) is 31.0 Å². The van der Waals surface area contributed by atoms with Crippen molar-refractivity contribution in [2.24, 2.45) is 0 Å². The SMILES string of the molecule is CCn1nncc1NCCc1ccc(N)cc1. The van der Waals surface area contributed by atoms with Gasteiger partial charge in [0.2, 0.25) is 0 Å². The van der Waals surface area contributed by atoms with E-state index in [1.165, 1.54) is 5.56 Å². The molecular formula is C12H17N5. The van der Waals surface area contributed by atoms with Crippen LogP contribution in [0, 0.1) is 0 Å². The van der Waals surface area contributed by atoms with Crippen molar-refractivity contribution in [2.75, 3.05) is 17.6 Å². The summed E-state index contributed by atoms with van der Waals surface area (Å²) in [7, 11) is 0. The summed E-state index contributed by atoms with van der Waals surface area (Å²) in [6.07, 6.45) is 2.70. The van der Waals surface area contributed by atoms with E-state index in [0.717, 1.165) is 31.0 Å². The lowest BCUT2D eigenvalue weighted by molar-refractivity contribution is 0.630. The number of aryl methyl sites for hydroxylation is 1. The van der Waals surface area contributed by atoms with Crippen molar-refractivity contribution in [3.8, 4) is 0 Å². The largest absolute Gasteiger partial charge is 0.399 e. The van der Waals surface area contributed by atoms with E-state index in [4.69, 9.17) is 5.73 Å². The molecule has 1 aromatic carbocycles. The highest BCUT2D eigenvalue weighted by Crippen LogP contribution is 2.07. The van der Waals surface area contributed by atoms with Gasteiger partial charge in [-0.1, -0.05) is 17.3 Å². The van der Waals surface area contributed by atoms with E-state index in [0.29, 0.717) is 0 Å². The molecule has 3 N–H and O–H groups in total. The Labute approximate surface area is 101 Å². The first-order chi connectivity index (χ1) is 8.29. The van der Waals surface area contributed by atoms with Gasteiger partial charge in [0.25, 0.3) is 0 Å². The third kappa shape index (κ3) is 2.96. The van der Waals surface area contributed by atoms with Gasteiger partial charge >= 0.3 is 0 Å². The molecule has 0 aliphatic carbocycles. The highest BCUT2D eigenvalue weighted by Gasteiger charge is 2.00. The fourth-order valence-electron chi connectivity index (χ4n) is 1.65. The number of aromatic nitrogens is 3. The molecule has 2 aromatic rings. The monoisotopic (exact) mass is 231 g/mol. The van der Waals surface area contributed by atoms with Crippen molar-refractivity contribution in [1.82, 2.24) is 15.0 Å². The average Bonchev–Trinajstić information content (AvgIpc) is 2.79. The third-order valence-electron chi connectivity index (χ3n) is 2.62. The summed E-state index contributed by atoms with van der Waals surface area (Å²) in [5, 5.41) is 11.1. The zero-order chi connectivity index (χ0) is 12.1. The Hall–Kier alpha value is -2.04. The van der Waals surface area contributed by atoms with Crippen LogP contribution >= 0.6 is 0 Å². The molecule has 0 aliphatic heterocycles. The highest BCUT2D eigenvalue weighted by atomic mass is 15.4. The summed E-state index contributed by atoms with van der Waals surface area (Å²) in [6.45, 7) is 3.72. The van der Waals surface area contributed by atoms with Gasteiger partial charge in [-0.25, -0.2) is 4.68 Å². The number of nitrogens with two attached hydrogens (primary N) is 1. The van der Waals surface area contributed by atoms with Crippen molar-refractivity contribution < 1.29 is 0 Å². The smallest absolute Gasteiger partial charge is 0.144 e. The molecule has 0 radical (unpaired) electrons. The molecule has 0 amide bonds. The second kappa shape index (κ2) is 5.34. The number of nitrogens with one attached hydrogen (secondary N) is 1. The molecule has 0 aliphatic rings. The third-order valence-corrected chi connectivity index (χ3v) is 2.62. The molecule has 0 fully saturated rings. The van der Waals surface area contributed by atoms with Crippen LogP contribution in [0.3, 0.4) is 0 Å². The van der Waals surface area contributed by atoms with Crippen molar-refractivity contribution in [1.29, 1.82) is 0 Å². The van der Waals surface area contributed by atoms with E-state index < -0.39 is 0 Å². The lowest BCUT2D eigenvalue weighted by Gasteiger charge is -2.07. The van der Waals surface area contributed by atoms with Crippen LogP contribution in [0.1, 0.15) is 12.5 Å². The molecule has 1 heterocycles. The maximum atomic E-state index is 5.63. The Kier molecular flexibility index (Phi) is 3.59. The van der Waals surface area contributed by atoms with Gasteiger partial charge in [0.05, 0.1) is 6.20 Å². The van der Waals surface area contributed by atoms with E-state index in [2.05, 4.69) is 15.6 Å². The van der Waals surface area contributed by atoms with E-state index >= 15 is 0 Å². The van der Waals surface area contributed by atoms with Crippen LogP contribution in [0.5, 0.6) is 0 Å². The Bertz CT molecular complexity index is 460. The first-order valence-electron chi connectivity index (χ1n) is 5.76.